The van der Waals surface area contributed by atoms with E-state index in [1.54, 1.807) is 0 Å². The molecular formula is C20H22ClN3O4S. The molecular weight excluding hydrogens is 414 g/mol. The van der Waals surface area contributed by atoms with E-state index in [2.05, 4.69) is 22.3 Å². The minimum atomic E-state index is -3.75. The van der Waals surface area contributed by atoms with Gasteiger partial charge in [-0.25, -0.2) is 8.42 Å². The fourth-order valence-corrected chi connectivity index (χ4v) is 5.48. The number of anilines is 1. The van der Waals surface area contributed by atoms with Gasteiger partial charge in [0.25, 0.3) is 5.91 Å². The lowest BCUT2D eigenvalue weighted by Crippen LogP contribution is -2.49. The Labute approximate surface area is 175 Å². The van der Waals surface area contributed by atoms with E-state index in [1.807, 2.05) is 18.2 Å². The van der Waals surface area contributed by atoms with Crippen LogP contribution in [-0.2, 0) is 21.2 Å². The van der Waals surface area contributed by atoms with Gasteiger partial charge in [-0.2, -0.15) is 4.31 Å². The first-order chi connectivity index (χ1) is 13.9. The number of fused-ring (bicyclic) bond motifs is 1. The summed E-state index contributed by atoms with van der Waals surface area (Å²) in [6.45, 7) is 2.89. The second kappa shape index (κ2) is 8.31. The summed E-state index contributed by atoms with van der Waals surface area (Å²) < 4.78 is 33.1. The van der Waals surface area contributed by atoms with Crippen molar-refractivity contribution in [1.29, 1.82) is 0 Å². The summed E-state index contributed by atoms with van der Waals surface area (Å²) >= 11 is 6.24. The first-order valence-corrected chi connectivity index (χ1v) is 11.3. The van der Waals surface area contributed by atoms with Crippen LogP contribution in [0, 0.1) is 0 Å². The van der Waals surface area contributed by atoms with Crippen molar-refractivity contribution >= 4 is 33.2 Å². The largest absolute Gasteiger partial charge is 0.482 e. The molecule has 2 heterocycles. The number of sulfonamides is 1. The van der Waals surface area contributed by atoms with Gasteiger partial charge in [-0.1, -0.05) is 41.9 Å². The molecule has 2 aliphatic rings. The molecule has 7 nitrogen and oxygen atoms in total. The van der Waals surface area contributed by atoms with Crippen LogP contribution in [0.5, 0.6) is 5.75 Å². The first-order valence-electron chi connectivity index (χ1n) is 9.46. The molecule has 2 aliphatic heterocycles. The molecule has 0 aliphatic carbocycles. The van der Waals surface area contributed by atoms with E-state index in [0.717, 1.165) is 13.0 Å². The molecule has 9 heteroatoms. The van der Waals surface area contributed by atoms with Crippen molar-refractivity contribution in [1.82, 2.24) is 9.21 Å². The molecule has 154 valence electrons. The topological polar surface area (TPSA) is 79.0 Å². The van der Waals surface area contributed by atoms with Crippen molar-refractivity contribution in [3.63, 3.8) is 0 Å². The summed E-state index contributed by atoms with van der Waals surface area (Å²) in [5.41, 5.74) is 1.66. The maximum Gasteiger partial charge on any atom is 0.262 e. The summed E-state index contributed by atoms with van der Waals surface area (Å²) in [7, 11) is -3.75. The molecule has 2 aromatic rings. The van der Waals surface area contributed by atoms with Crippen LogP contribution in [-0.4, -0.2) is 62.9 Å². The number of halogens is 1. The molecule has 0 saturated carbocycles. The number of ether oxygens (including phenoxy) is 1. The molecule has 0 unspecified atom stereocenters. The Balaban J connectivity index is 1.42. The monoisotopic (exact) mass is 435 g/mol. The van der Waals surface area contributed by atoms with Crippen LogP contribution < -0.4 is 10.1 Å². The molecule has 0 aromatic heterocycles. The predicted octanol–water partition coefficient (Wildman–Crippen LogP) is 2.22. The molecule has 1 fully saturated rings. The zero-order valence-corrected chi connectivity index (χ0v) is 17.4. The summed E-state index contributed by atoms with van der Waals surface area (Å²) in [5.74, 6) is 0.0184. The Morgan fingerprint density at radius 2 is 1.79 bits per heavy atom. The highest BCUT2D eigenvalue weighted by Crippen LogP contribution is 2.36. The van der Waals surface area contributed by atoms with Gasteiger partial charge in [-0.05, 0) is 18.1 Å². The summed E-state index contributed by atoms with van der Waals surface area (Å²) in [4.78, 5) is 13.7. The van der Waals surface area contributed by atoms with Crippen LogP contribution >= 0.6 is 11.6 Å². The molecule has 2 aromatic carbocycles. The van der Waals surface area contributed by atoms with Crippen LogP contribution in [0.4, 0.5) is 5.69 Å². The van der Waals surface area contributed by atoms with Gasteiger partial charge in [0.2, 0.25) is 10.0 Å². The average Bonchev–Trinajstić information content (AvgIpc) is 2.72. The lowest BCUT2D eigenvalue weighted by Gasteiger charge is -2.34. The molecule has 0 spiro atoms. The van der Waals surface area contributed by atoms with Crippen molar-refractivity contribution in [3.05, 3.63) is 53.1 Å². The van der Waals surface area contributed by atoms with Gasteiger partial charge in [0.05, 0.1) is 10.7 Å². The number of carbonyl (C=O) groups is 1. The number of nitrogens with zero attached hydrogens (tertiary/aromatic N) is 2. The standard InChI is InChI=1S/C20H22ClN3O4S/c21-16-12-17-18(28-14-20(25)22-17)13-19(16)29(26,27)24-10-8-23(9-11-24)7-6-15-4-2-1-3-5-15/h1-5,12-13H,6-11,14H2,(H,22,25). The molecule has 1 N–H and O–H groups in total. The molecule has 1 saturated heterocycles. The van der Waals surface area contributed by atoms with Crippen LogP contribution in [0.3, 0.4) is 0 Å². The smallest absolute Gasteiger partial charge is 0.262 e. The van der Waals surface area contributed by atoms with Gasteiger partial charge < -0.3 is 15.0 Å². The second-order valence-corrected chi connectivity index (χ2v) is 9.41. The number of nitrogens with one attached hydrogen (secondary N) is 1. The maximum atomic E-state index is 13.1. The summed E-state index contributed by atoms with van der Waals surface area (Å²) in [6, 6.07) is 13.1. The number of piperazine rings is 1. The number of amides is 1. The van der Waals surface area contributed by atoms with Crippen molar-refractivity contribution < 1.29 is 17.9 Å². The minimum Gasteiger partial charge on any atom is -0.482 e. The van der Waals surface area contributed by atoms with Gasteiger partial charge in [0.1, 0.15) is 10.6 Å². The second-order valence-electron chi connectivity index (χ2n) is 7.10. The van der Waals surface area contributed by atoms with Gasteiger partial charge in [-0.3, -0.25) is 4.79 Å². The quantitative estimate of drug-likeness (QED) is 0.779. The van der Waals surface area contributed by atoms with E-state index >= 15 is 0 Å². The highest BCUT2D eigenvalue weighted by Gasteiger charge is 2.32. The Morgan fingerprint density at radius 3 is 2.52 bits per heavy atom. The third-order valence-electron chi connectivity index (χ3n) is 5.18. The zero-order valence-electron chi connectivity index (χ0n) is 15.8. The third-order valence-corrected chi connectivity index (χ3v) is 7.54. The number of carbonyl (C=O) groups excluding carboxylic acids is 1. The Morgan fingerprint density at radius 1 is 1.07 bits per heavy atom. The molecule has 0 atom stereocenters. The van der Waals surface area contributed by atoms with Gasteiger partial charge in [0.15, 0.2) is 6.61 Å². The molecule has 0 radical (unpaired) electrons. The number of hydrogen-bond donors (Lipinski definition) is 1. The number of hydrogen-bond acceptors (Lipinski definition) is 5. The fourth-order valence-electron chi connectivity index (χ4n) is 3.54. The lowest BCUT2D eigenvalue weighted by atomic mass is 10.1. The van der Waals surface area contributed by atoms with E-state index in [1.165, 1.54) is 22.0 Å². The van der Waals surface area contributed by atoms with E-state index in [9.17, 15) is 13.2 Å². The van der Waals surface area contributed by atoms with Crippen molar-refractivity contribution in [3.8, 4) is 5.75 Å². The molecule has 1 amide bonds. The number of benzene rings is 2. The molecule has 0 bridgehead atoms. The van der Waals surface area contributed by atoms with Crippen molar-refractivity contribution in [2.24, 2.45) is 0 Å². The third kappa shape index (κ3) is 4.40. The normalized spacial score (nSPS) is 18.0. The summed E-state index contributed by atoms with van der Waals surface area (Å²) in [5, 5.41) is 2.70. The molecule has 29 heavy (non-hydrogen) atoms. The van der Waals surface area contributed by atoms with Crippen molar-refractivity contribution in [2.75, 3.05) is 44.6 Å². The molecule has 4 rings (SSSR count). The Bertz CT molecular complexity index is 1010. The Kier molecular flexibility index (Phi) is 5.78. The van der Waals surface area contributed by atoms with Gasteiger partial charge in [0, 0.05) is 38.8 Å². The van der Waals surface area contributed by atoms with Crippen LogP contribution in [0.1, 0.15) is 5.56 Å². The van der Waals surface area contributed by atoms with Crippen LogP contribution in [0.2, 0.25) is 5.02 Å². The van der Waals surface area contributed by atoms with Crippen molar-refractivity contribution in [2.45, 2.75) is 11.3 Å². The first kappa shape index (κ1) is 20.2. The van der Waals surface area contributed by atoms with E-state index in [-0.39, 0.29) is 22.4 Å². The van der Waals surface area contributed by atoms with E-state index in [0.29, 0.717) is 37.6 Å². The van der Waals surface area contributed by atoms with Crippen LogP contribution in [0.15, 0.2) is 47.4 Å². The minimum absolute atomic E-state index is 0.00630. The van der Waals surface area contributed by atoms with Crippen LogP contribution in [0.25, 0.3) is 0 Å². The lowest BCUT2D eigenvalue weighted by molar-refractivity contribution is -0.118. The maximum absolute atomic E-state index is 13.1. The van der Waals surface area contributed by atoms with Gasteiger partial charge >= 0.3 is 0 Å². The Hall–Kier alpha value is -2.13. The SMILES string of the molecule is O=C1COc2cc(S(=O)(=O)N3CCN(CCc4ccccc4)CC3)c(Cl)cc2N1. The predicted molar refractivity (Wildman–Crippen MR) is 111 cm³/mol. The zero-order chi connectivity index (χ0) is 20.4. The van der Waals surface area contributed by atoms with E-state index < -0.39 is 10.0 Å². The average molecular weight is 436 g/mol. The number of rotatable bonds is 5. The fraction of sp³-hybridized carbons (Fsp3) is 0.350. The highest BCUT2D eigenvalue weighted by atomic mass is 35.5. The van der Waals surface area contributed by atoms with E-state index in [4.69, 9.17) is 16.3 Å². The van der Waals surface area contributed by atoms with Gasteiger partial charge in [-0.15, -0.1) is 0 Å². The highest BCUT2D eigenvalue weighted by molar-refractivity contribution is 7.89. The summed E-state index contributed by atoms with van der Waals surface area (Å²) in [6.07, 6.45) is 0.938.